The molecule has 0 saturated heterocycles. The molecule has 0 fully saturated rings. The summed E-state index contributed by atoms with van der Waals surface area (Å²) in [5.41, 5.74) is 0. The van der Waals surface area contributed by atoms with Crippen LogP contribution in [0.25, 0.3) is 10.1 Å². The first kappa shape index (κ1) is 13.4. The van der Waals surface area contributed by atoms with Crippen molar-refractivity contribution in [1.29, 1.82) is 0 Å². The average Bonchev–Trinajstić information content (AvgIpc) is 2.78. The van der Waals surface area contributed by atoms with Crippen molar-refractivity contribution in [3.63, 3.8) is 0 Å². The van der Waals surface area contributed by atoms with Gasteiger partial charge in [0.25, 0.3) is 5.91 Å². The molecule has 0 spiro atoms. The molecule has 7 heteroatoms. The van der Waals surface area contributed by atoms with Crippen LogP contribution in [-0.4, -0.2) is 34.7 Å². The molecule has 1 aromatic carbocycles. The summed E-state index contributed by atoms with van der Waals surface area (Å²) < 4.78 is 13.6. The van der Waals surface area contributed by atoms with Crippen molar-refractivity contribution in [3.8, 4) is 0 Å². The number of fused-ring (bicyclic) bond motifs is 1. The number of carboxylic acid groups (broad SMARTS) is 1. The largest absolute Gasteiger partial charge is 0.480 e. The van der Waals surface area contributed by atoms with E-state index < -0.39 is 30.3 Å². The number of carboxylic acids is 1. The first-order valence-electron chi connectivity index (χ1n) is 5.35. The molecule has 100 valence electrons. The molecule has 2 rings (SSSR count). The Balaban J connectivity index is 2.24. The number of carbonyl (C=O) groups excluding carboxylic acids is 1. The first-order chi connectivity index (χ1) is 9.01. The summed E-state index contributed by atoms with van der Waals surface area (Å²) >= 11 is 1.06. The van der Waals surface area contributed by atoms with E-state index in [-0.39, 0.29) is 4.88 Å². The number of aliphatic carboxylic acids is 1. The Morgan fingerprint density at radius 1 is 1.37 bits per heavy atom. The third kappa shape index (κ3) is 2.88. The monoisotopic (exact) mass is 283 g/mol. The van der Waals surface area contributed by atoms with Crippen LogP contribution in [0.15, 0.2) is 24.3 Å². The number of hydrogen-bond acceptors (Lipinski definition) is 4. The fourth-order valence-corrected chi connectivity index (χ4v) is 2.52. The second kappa shape index (κ2) is 5.33. The zero-order valence-corrected chi connectivity index (χ0v) is 10.4. The molecule has 1 unspecified atom stereocenters. The van der Waals surface area contributed by atoms with E-state index in [0.717, 1.165) is 11.3 Å². The Labute approximate surface area is 111 Å². The highest BCUT2D eigenvalue weighted by molar-refractivity contribution is 7.20. The SMILES string of the molecule is O=C(NC(CO)C(=O)O)c1cc2ccc(F)cc2s1. The van der Waals surface area contributed by atoms with Gasteiger partial charge < -0.3 is 15.5 Å². The average molecular weight is 283 g/mol. The number of hydrogen-bond donors (Lipinski definition) is 3. The summed E-state index contributed by atoms with van der Waals surface area (Å²) in [6, 6.07) is 4.32. The number of benzene rings is 1. The van der Waals surface area contributed by atoms with E-state index in [1.807, 2.05) is 0 Å². The van der Waals surface area contributed by atoms with Gasteiger partial charge in [-0.05, 0) is 23.6 Å². The summed E-state index contributed by atoms with van der Waals surface area (Å²) in [5.74, 6) is -2.33. The van der Waals surface area contributed by atoms with E-state index in [4.69, 9.17) is 10.2 Å². The maximum atomic E-state index is 13.0. The lowest BCUT2D eigenvalue weighted by Gasteiger charge is -2.10. The molecule has 5 nitrogen and oxygen atoms in total. The van der Waals surface area contributed by atoms with Crippen molar-refractivity contribution in [1.82, 2.24) is 5.32 Å². The third-order valence-corrected chi connectivity index (χ3v) is 3.59. The molecule has 19 heavy (non-hydrogen) atoms. The van der Waals surface area contributed by atoms with Crippen LogP contribution in [0, 0.1) is 5.82 Å². The molecule has 2 aromatic rings. The van der Waals surface area contributed by atoms with Crippen LogP contribution in [0.2, 0.25) is 0 Å². The van der Waals surface area contributed by atoms with Crippen LogP contribution in [0.3, 0.4) is 0 Å². The van der Waals surface area contributed by atoms with Gasteiger partial charge in [-0.15, -0.1) is 11.3 Å². The molecule has 1 atom stereocenters. The fourth-order valence-electron chi connectivity index (χ4n) is 1.53. The summed E-state index contributed by atoms with van der Waals surface area (Å²) in [6.45, 7) is -0.694. The van der Waals surface area contributed by atoms with Gasteiger partial charge in [-0.1, -0.05) is 6.07 Å². The van der Waals surface area contributed by atoms with E-state index >= 15 is 0 Å². The topological polar surface area (TPSA) is 86.6 Å². The predicted octanol–water partition coefficient (Wildman–Crippen LogP) is 1.22. The van der Waals surface area contributed by atoms with Gasteiger partial charge in [0.05, 0.1) is 11.5 Å². The highest BCUT2D eigenvalue weighted by Crippen LogP contribution is 2.26. The molecule has 0 saturated carbocycles. The summed E-state index contributed by atoms with van der Waals surface area (Å²) in [7, 11) is 0. The molecule has 3 N–H and O–H groups in total. The number of rotatable bonds is 4. The second-order valence-electron chi connectivity index (χ2n) is 3.84. The van der Waals surface area contributed by atoms with Gasteiger partial charge in [-0.25, -0.2) is 9.18 Å². The predicted molar refractivity (Wildman–Crippen MR) is 67.8 cm³/mol. The van der Waals surface area contributed by atoms with Gasteiger partial charge in [-0.2, -0.15) is 0 Å². The Kier molecular flexibility index (Phi) is 3.77. The number of amides is 1. The van der Waals surface area contributed by atoms with Gasteiger partial charge in [0, 0.05) is 4.70 Å². The minimum atomic E-state index is -1.35. The van der Waals surface area contributed by atoms with Crippen molar-refractivity contribution in [2.24, 2.45) is 0 Å². The minimum Gasteiger partial charge on any atom is -0.480 e. The van der Waals surface area contributed by atoms with E-state index in [9.17, 15) is 14.0 Å². The van der Waals surface area contributed by atoms with Crippen LogP contribution in [0.5, 0.6) is 0 Å². The van der Waals surface area contributed by atoms with E-state index in [1.165, 1.54) is 12.1 Å². The lowest BCUT2D eigenvalue weighted by Crippen LogP contribution is -2.43. The van der Waals surface area contributed by atoms with Crippen LogP contribution in [-0.2, 0) is 4.79 Å². The van der Waals surface area contributed by atoms with Crippen LogP contribution < -0.4 is 5.32 Å². The van der Waals surface area contributed by atoms with Gasteiger partial charge in [0.1, 0.15) is 5.82 Å². The number of thiophene rings is 1. The van der Waals surface area contributed by atoms with Crippen molar-refractivity contribution in [2.45, 2.75) is 6.04 Å². The quantitative estimate of drug-likeness (QED) is 0.787. The lowest BCUT2D eigenvalue weighted by atomic mass is 10.2. The van der Waals surface area contributed by atoms with Gasteiger partial charge in [-0.3, -0.25) is 4.79 Å². The highest BCUT2D eigenvalue weighted by Gasteiger charge is 2.20. The number of carbonyl (C=O) groups is 2. The highest BCUT2D eigenvalue weighted by atomic mass is 32.1. The van der Waals surface area contributed by atoms with Crippen LogP contribution in [0.4, 0.5) is 4.39 Å². The molecule has 0 aliphatic carbocycles. The molecular weight excluding hydrogens is 273 g/mol. The third-order valence-electron chi connectivity index (χ3n) is 2.49. The van der Waals surface area contributed by atoms with Crippen molar-refractivity contribution < 1.29 is 24.2 Å². The van der Waals surface area contributed by atoms with E-state index in [0.29, 0.717) is 10.1 Å². The minimum absolute atomic E-state index is 0.264. The van der Waals surface area contributed by atoms with Crippen molar-refractivity contribution in [2.75, 3.05) is 6.61 Å². The fraction of sp³-hybridized carbons (Fsp3) is 0.167. The number of nitrogens with one attached hydrogen (secondary N) is 1. The lowest BCUT2D eigenvalue weighted by molar-refractivity contribution is -0.140. The molecule has 0 aliphatic heterocycles. The zero-order chi connectivity index (χ0) is 14.0. The van der Waals surface area contributed by atoms with Gasteiger partial charge >= 0.3 is 5.97 Å². The standard InChI is InChI=1S/C12H10FNO4S/c13-7-2-1-6-3-10(19-9(6)4-7)11(16)14-8(5-15)12(17)18/h1-4,8,15H,5H2,(H,14,16)(H,17,18). The Bertz CT molecular complexity index is 640. The summed E-state index contributed by atoms with van der Waals surface area (Å²) in [4.78, 5) is 22.8. The molecule has 0 radical (unpaired) electrons. The number of aliphatic hydroxyl groups excluding tert-OH is 1. The second-order valence-corrected chi connectivity index (χ2v) is 4.92. The maximum absolute atomic E-state index is 13.0. The summed E-state index contributed by atoms with van der Waals surface area (Å²) in [5, 5.41) is 20.4. The maximum Gasteiger partial charge on any atom is 0.328 e. The summed E-state index contributed by atoms with van der Waals surface area (Å²) in [6.07, 6.45) is 0. The van der Waals surface area contributed by atoms with Crippen LogP contribution >= 0.6 is 11.3 Å². The Morgan fingerprint density at radius 3 is 2.74 bits per heavy atom. The number of aliphatic hydroxyl groups is 1. The Hall–Kier alpha value is -1.99. The van der Waals surface area contributed by atoms with Crippen molar-refractivity contribution in [3.05, 3.63) is 35.0 Å². The first-order valence-corrected chi connectivity index (χ1v) is 6.16. The molecule has 1 aromatic heterocycles. The van der Waals surface area contributed by atoms with Crippen molar-refractivity contribution >= 4 is 33.3 Å². The molecule has 1 amide bonds. The van der Waals surface area contributed by atoms with Crippen LogP contribution in [0.1, 0.15) is 9.67 Å². The smallest absolute Gasteiger partial charge is 0.328 e. The van der Waals surface area contributed by atoms with Gasteiger partial charge in [0.2, 0.25) is 0 Å². The normalized spacial score (nSPS) is 12.3. The van der Waals surface area contributed by atoms with E-state index in [2.05, 4.69) is 5.32 Å². The zero-order valence-electron chi connectivity index (χ0n) is 9.59. The number of halogens is 1. The molecular formula is C12H10FNO4S. The molecule has 0 aliphatic rings. The molecule has 1 heterocycles. The Morgan fingerprint density at radius 2 is 2.11 bits per heavy atom. The van der Waals surface area contributed by atoms with Gasteiger partial charge in [0.15, 0.2) is 6.04 Å². The van der Waals surface area contributed by atoms with E-state index in [1.54, 1.807) is 12.1 Å². The molecule has 0 bridgehead atoms.